The van der Waals surface area contributed by atoms with E-state index in [4.69, 9.17) is 10.00 Å². The van der Waals surface area contributed by atoms with E-state index in [0.29, 0.717) is 60.7 Å². The lowest BCUT2D eigenvalue weighted by molar-refractivity contribution is -0.152. The van der Waals surface area contributed by atoms with Gasteiger partial charge in [0.15, 0.2) is 0 Å². The molecule has 178 valence electrons. The number of nitrogens with zero attached hydrogens (tertiary/aromatic N) is 2. The fourth-order valence-corrected chi connectivity index (χ4v) is 9.52. The summed E-state index contributed by atoms with van der Waals surface area (Å²) in [5.74, 6) is 4.33. The van der Waals surface area contributed by atoms with Crippen LogP contribution in [0.15, 0.2) is 11.3 Å². The highest BCUT2D eigenvalue weighted by atomic mass is 16.5. The number of rotatable bonds is 4. The molecule has 4 heteroatoms. The SMILES string of the molecule is CC1=C(CCC(C)CC#N)O[C@H]2C[C@H]3[C@@H]4CC[C@]5(C#N)CC(=O)CC[C@]5(C)[C@H]4CC[C@]3(C)[C@@H]12. The fourth-order valence-electron chi connectivity index (χ4n) is 9.52. The van der Waals surface area contributed by atoms with Crippen molar-refractivity contribution in [2.24, 2.45) is 45.8 Å². The second-order valence-corrected chi connectivity index (χ2v) is 12.8. The molecule has 0 aromatic heterocycles. The molecule has 9 atom stereocenters. The highest BCUT2D eigenvalue weighted by Gasteiger charge is 2.67. The molecule has 5 rings (SSSR count). The maximum absolute atomic E-state index is 12.4. The lowest BCUT2D eigenvalue weighted by Gasteiger charge is -2.62. The van der Waals surface area contributed by atoms with Crippen LogP contribution in [0.3, 0.4) is 0 Å². The van der Waals surface area contributed by atoms with Gasteiger partial charge in [-0.15, -0.1) is 0 Å². The minimum Gasteiger partial charge on any atom is -0.494 e. The van der Waals surface area contributed by atoms with Crippen LogP contribution in [0, 0.1) is 68.5 Å². The lowest BCUT2D eigenvalue weighted by atomic mass is 9.40. The van der Waals surface area contributed by atoms with Gasteiger partial charge in [0.25, 0.3) is 0 Å². The van der Waals surface area contributed by atoms with Crippen molar-refractivity contribution in [1.29, 1.82) is 10.5 Å². The average Bonchev–Trinajstić information content (AvgIpc) is 3.26. The number of carbonyl (C=O) groups is 1. The van der Waals surface area contributed by atoms with Gasteiger partial charge in [-0.1, -0.05) is 20.8 Å². The van der Waals surface area contributed by atoms with E-state index >= 15 is 0 Å². The third-order valence-corrected chi connectivity index (χ3v) is 11.4. The van der Waals surface area contributed by atoms with Gasteiger partial charge in [0.1, 0.15) is 11.9 Å². The molecule has 0 bridgehead atoms. The molecule has 1 heterocycles. The molecule has 4 fully saturated rings. The van der Waals surface area contributed by atoms with Crippen LogP contribution in [0.1, 0.15) is 98.3 Å². The van der Waals surface area contributed by atoms with Crippen LogP contribution in [-0.4, -0.2) is 11.9 Å². The zero-order valence-corrected chi connectivity index (χ0v) is 21.0. The molecule has 0 radical (unpaired) electrons. The number of hydrogen-bond donors (Lipinski definition) is 0. The minimum atomic E-state index is -0.439. The van der Waals surface area contributed by atoms with E-state index in [1.54, 1.807) is 0 Å². The van der Waals surface area contributed by atoms with Gasteiger partial charge in [-0.2, -0.15) is 10.5 Å². The summed E-state index contributed by atoms with van der Waals surface area (Å²) >= 11 is 0. The third-order valence-electron chi connectivity index (χ3n) is 11.4. The van der Waals surface area contributed by atoms with Crippen LogP contribution in [0.5, 0.6) is 0 Å². The number of ketones is 1. The Morgan fingerprint density at radius 1 is 1.15 bits per heavy atom. The first kappa shape index (κ1) is 23.0. The molecule has 4 nitrogen and oxygen atoms in total. The van der Waals surface area contributed by atoms with E-state index in [9.17, 15) is 10.1 Å². The summed E-state index contributed by atoms with van der Waals surface area (Å²) in [6.45, 7) is 9.37. The Labute approximate surface area is 199 Å². The maximum Gasteiger partial charge on any atom is 0.134 e. The van der Waals surface area contributed by atoms with Crippen LogP contribution in [-0.2, 0) is 9.53 Å². The molecule has 1 unspecified atom stereocenters. The van der Waals surface area contributed by atoms with Crippen molar-refractivity contribution in [2.75, 3.05) is 0 Å². The van der Waals surface area contributed by atoms with Crippen LogP contribution >= 0.6 is 0 Å². The van der Waals surface area contributed by atoms with Gasteiger partial charge in [0.2, 0.25) is 0 Å². The van der Waals surface area contributed by atoms with Crippen molar-refractivity contribution in [3.63, 3.8) is 0 Å². The second-order valence-electron chi connectivity index (χ2n) is 12.8. The Hall–Kier alpha value is -1.81. The summed E-state index contributed by atoms with van der Waals surface area (Å²) in [7, 11) is 0. The largest absolute Gasteiger partial charge is 0.494 e. The number of Topliss-reactive ketones (excluding diaryl/α,β-unsaturated/α-hetero) is 1. The van der Waals surface area contributed by atoms with Gasteiger partial charge < -0.3 is 4.74 Å². The summed E-state index contributed by atoms with van der Waals surface area (Å²) in [6, 6.07) is 5.00. The average molecular weight is 449 g/mol. The van der Waals surface area contributed by atoms with Crippen LogP contribution in [0.4, 0.5) is 0 Å². The first-order valence-electron chi connectivity index (χ1n) is 13.4. The summed E-state index contributed by atoms with van der Waals surface area (Å²) in [6.07, 6.45) is 10.5. The van der Waals surface area contributed by atoms with Crippen LogP contribution < -0.4 is 0 Å². The molecule has 5 aliphatic rings. The standard InChI is InChI=1S/C29H40N2O2/c1-18(10-14-30)5-6-24-19(2)26-25(33-24)15-23-21-8-13-29(17-31)16-20(32)7-12-28(29,4)22(21)9-11-27(23,26)3/h18,21-23,25-26H,5-13,15-16H2,1-4H3/t18?,21-,22+,23+,25+,26+,27+,28-,29-/m1/s1. The van der Waals surface area contributed by atoms with Crippen molar-refractivity contribution < 1.29 is 9.53 Å². The number of hydrogen-bond acceptors (Lipinski definition) is 4. The van der Waals surface area contributed by atoms with E-state index in [-0.39, 0.29) is 10.8 Å². The molecule has 4 saturated carbocycles. The van der Waals surface area contributed by atoms with Crippen molar-refractivity contribution in [3.05, 3.63) is 11.3 Å². The van der Waals surface area contributed by atoms with Crippen molar-refractivity contribution >= 4 is 5.78 Å². The number of nitriles is 2. The molecule has 0 spiro atoms. The Kier molecular flexibility index (Phi) is 5.47. The molecule has 4 aliphatic carbocycles. The van der Waals surface area contributed by atoms with E-state index < -0.39 is 5.41 Å². The first-order chi connectivity index (χ1) is 15.7. The van der Waals surface area contributed by atoms with E-state index in [1.807, 2.05) is 0 Å². The zero-order valence-electron chi connectivity index (χ0n) is 21.0. The smallest absolute Gasteiger partial charge is 0.134 e. The van der Waals surface area contributed by atoms with E-state index in [2.05, 4.69) is 39.8 Å². The lowest BCUT2D eigenvalue weighted by Crippen LogP contribution is -2.58. The minimum absolute atomic E-state index is 0.0224. The molecule has 1 aliphatic heterocycles. The number of ether oxygens (including phenoxy) is 1. The topological polar surface area (TPSA) is 73.9 Å². The highest BCUT2D eigenvalue weighted by molar-refractivity contribution is 5.81. The van der Waals surface area contributed by atoms with E-state index in [1.165, 1.54) is 24.2 Å². The molecule has 0 amide bonds. The quantitative estimate of drug-likeness (QED) is 0.478. The van der Waals surface area contributed by atoms with Crippen molar-refractivity contribution in [3.8, 4) is 12.1 Å². The predicted molar refractivity (Wildman–Crippen MR) is 126 cm³/mol. The fraction of sp³-hybridized carbons (Fsp3) is 0.828. The van der Waals surface area contributed by atoms with Gasteiger partial charge in [-0.05, 0) is 91.9 Å². The molecular weight excluding hydrogens is 408 g/mol. The van der Waals surface area contributed by atoms with Gasteiger partial charge >= 0.3 is 0 Å². The summed E-state index contributed by atoms with van der Waals surface area (Å²) < 4.78 is 6.65. The van der Waals surface area contributed by atoms with Crippen LogP contribution in [0.2, 0.25) is 0 Å². The number of carbonyl (C=O) groups excluding carboxylic acids is 1. The highest BCUT2D eigenvalue weighted by Crippen LogP contribution is 2.72. The molecule has 33 heavy (non-hydrogen) atoms. The van der Waals surface area contributed by atoms with Gasteiger partial charge in [-0.25, -0.2) is 0 Å². The normalized spacial score (nSPS) is 46.8. The monoisotopic (exact) mass is 448 g/mol. The molecule has 0 aromatic carbocycles. The van der Waals surface area contributed by atoms with E-state index in [0.717, 1.165) is 38.5 Å². The Morgan fingerprint density at radius 2 is 1.94 bits per heavy atom. The molecule has 0 saturated heterocycles. The Bertz CT molecular complexity index is 956. The van der Waals surface area contributed by atoms with Gasteiger partial charge in [-0.3, -0.25) is 4.79 Å². The molecule has 0 N–H and O–H groups in total. The first-order valence-corrected chi connectivity index (χ1v) is 13.4. The Morgan fingerprint density at radius 3 is 2.67 bits per heavy atom. The molecular formula is C29H40N2O2. The maximum atomic E-state index is 12.4. The second kappa shape index (κ2) is 7.86. The summed E-state index contributed by atoms with van der Waals surface area (Å²) in [5.41, 5.74) is 1.30. The predicted octanol–water partition coefficient (Wildman–Crippen LogP) is 6.72. The summed E-state index contributed by atoms with van der Waals surface area (Å²) in [4.78, 5) is 12.4. The van der Waals surface area contributed by atoms with Gasteiger partial charge in [0, 0.05) is 31.6 Å². The Balaban J connectivity index is 1.38. The van der Waals surface area contributed by atoms with Crippen molar-refractivity contribution in [2.45, 2.75) is 104 Å². The third kappa shape index (κ3) is 3.16. The number of allylic oxidation sites excluding steroid dienone is 1. The molecule has 0 aromatic rings. The summed E-state index contributed by atoms with van der Waals surface area (Å²) in [5, 5.41) is 19.2. The number of fused-ring (bicyclic) bond motifs is 7. The van der Waals surface area contributed by atoms with Crippen LogP contribution in [0.25, 0.3) is 0 Å². The van der Waals surface area contributed by atoms with Gasteiger partial charge in [0.05, 0.1) is 23.3 Å². The van der Waals surface area contributed by atoms with Crippen molar-refractivity contribution in [1.82, 2.24) is 0 Å². The zero-order chi connectivity index (χ0) is 23.6.